The van der Waals surface area contributed by atoms with Gasteiger partial charge in [-0.2, -0.15) is 4.90 Å². The van der Waals surface area contributed by atoms with Gasteiger partial charge < -0.3 is 9.47 Å². The minimum atomic E-state index is -0.913. The number of rotatable bonds is 1. The molecule has 1 atom stereocenters. The second kappa shape index (κ2) is 5.22. The third kappa shape index (κ3) is 3.13. The predicted molar refractivity (Wildman–Crippen MR) is 78.2 cm³/mol. The van der Waals surface area contributed by atoms with Crippen molar-refractivity contribution >= 4 is 23.8 Å². The van der Waals surface area contributed by atoms with E-state index in [1.807, 2.05) is 0 Å². The number of halogens is 1. The lowest BCUT2D eigenvalue weighted by Crippen LogP contribution is -2.48. The van der Waals surface area contributed by atoms with Crippen molar-refractivity contribution in [1.82, 2.24) is 4.90 Å². The van der Waals surface area contributed by atoms with Crippen molar-refractivity contribution in [2.45, 2.75) is 38.8 Å². The van der Waals surface area contributed by atoms with Crippen LogP contribution in [0, 0.1) is 0 Å². The summed E-state index contributed by atoms with van der Waals surface area (Å²) in [6, 6.07) is 6.94. The largest absolute Gasteiger partial charge is 0.446 e. The van der Waals surface area contributed by atoms with Crippen molar-refractivity contribution < 1.29 is 19.1 Å². The van der Waals surface area contributed by atoms with E-state index in [2.05, 4.69) is 0 Å². The zero-order valence-corrected chi connectivity index (χ0v) is 13.2. The molecule has 114 valence electrons. The molecule has 0 spiro atoms. The average molecular weight is 312 g/mol. The van der Waals surface area contributed by atoms with E-state index in [4.69, 9.17) is 21.1 Å². The molecule has 1 unspecified atom stereocenters. The molecule has 0 radical (unpaired) electrons. The Morgan fingerprint density at radius 3 is 2.43 bits per heavy atom. The lowest BCUT2D eigenvalue weighted by molar-refractivity contribution is 0.0201. The van der Waals surface area contributed by atoms with Gasteiger partial charge in [0.1, 0.15) is 17.7 Å². The Hall–Kier alpha value is -1.75. The molecule has 0 aliphatic carbocycles. The smallest absolute Gasteiger partial charge is 0.420 e. The highest BCUT2D eigenvalue weighted by Crippen LogP contribution is 2.36. The molecule has 0 N–H and O–H groups in total. The lowest BCUT2D eigenvalue weighted by Gasteiger charge is -2.32. The van der Waals surface area contributed by atoms with Crippen LogP contribution in [0.4, 0.5) is 9.59 Å². The molecule has 0 aromatic heterocycles. The number of ether oxygens (including phenoxy) is 2. The quantitative estimate of drug-likeness (QED) is 0.788. The zero-order valence-electron chi connectivity index (χ0n) is 12.5. The number of carbonyl (C=O) groups is 2. The summed E-state index contributed by atoms with van der Waals surface area (Å²) in [5.74, 6) is 0. The summed E-state index contributed by atoms with van der Waals surface area (Å²) < 4.78 is 10.3. The van der Waals surface area contributed by atoms with Gasteiger partial charge in [0.05, 0.1) is 0 Å². The van der Waals surface area contributed by atoms with Crippen molar-refractivity contribution in [1.29, 1.82) is 0 Å². The van der Waals surface area contributed by atoms with Crippen LogP contribution in [0.5, 0.6) is 0 Å². The van der Waals surface area contributed by atoms with Crippen molar-refractivity contribution in [2.24, 2.45) is 0 Å². The number of imide groups is 1. The maximum atomic E-state index is 12.3. The summed E-state index contributed by atoms with van der Waals surface area (Å²) in [5.41, 5.74) is -0.853. The summed E-state index contributed by atoms with van der Waals surface area (Å²) in [4.78, 5) is 25.3. The Bertz CT molecular complexity index is 564. The molecule has 1 aromatic rings. The molecule has 21 heavy (non-hydrogen) atoms. The molecule has 1 aliphatic heterocycles. The summed E-state index contributed by atoms with van der Waals surface area (Å²) in [6.45, 7) is 7.06. The van der Waals surface area contributed by atoms with Crippen LogP contribution in [0.1, 0.15) is 33.3 Å². The first-order valence-corrected chi connectivity index (χ1v) is 6.97. The second-order valence-electron chi connectivity index (χ2n) is 6.15. The van der Waals surface area contributed by atoms with Gasteiger partial charge in [-0.25, -0.2) is 9.59 Å². The summed E-state index contributed by atoms with van der Waals surface area (Å²) >= 11 is 5.88. The summed E-state index contributed by atoms with van der Waals surface area (Å²) in [5, 5.41) is 0.580. The highest BCUT2D eigenvalue weighted by molar-refractivity contribution is 6.30. The fourth-order valence-corrected chi connectivity index (χ4v) is 2.26. The summed E-state index contributed by atoms with van der Waals surface area (Å²) in [7, 11) is 0. The molecule has 1 aliphatic rings. The van der Waals surface area contributed by atoms with Gasteiger partial charge >= 0.3 is 12.2 Å². The van der Waals surface area contributed by atoms with Gasteiger partial charge in [0.25, 0.3) is 0 Å². The molecular weight excluding hydrogens is 294 g/mol. The van der Waals surface area contributed by atoms with Crippen LogP contribution in [0.15, 0.2) is 24.3 Å². The van der Waals surface area contributed by atoms with Crippen LogP contribution in [0.2, 0.25) is 5.02 Å². The maximum Gasteiger partial charge on any atom is 0.420 e. The molecule has 0 saturated carbocycles. The third-order valence-corrected chi connectivity index (χ3v) is 3.45. The Morgan fingerprint density at radius 1 is 1.33 bits per heavy atom. The molecular formula is C15H18ClNO4. The van der Waals surface area contributed by atoms with Gasteiger partial charge in [-0.3, -0.25) is 0 Å². The standard InChI is InChI=1S/C15H18ClNO4/c1-14(2,3)21-13(19)17-12(18)20-9-15(17,4)10-5-7-11(16)8-6-10/h5-8H,9H2,1-4H3. The van der Waals surface area contributed by atoms with Gasteiger partial charge in [0.2, 0.25) is 0 Å². The maximum absolute atomic E-state index is 12.3. The molecule has 6 heteroatoms. The summed E-state index contributed by atoms with van der Waals surface area (Å²) in [6.07, 6.45) is -1.43. The monoisotopic (exact) mass is 311 g/mol. The van der Waals surface area contributed by atoms with Crippen LogP contribution in [-0.2, 0) is 15.0 Å². The van der Waals surface area contributed by atoms with Crippen LogP contribution >= 0.6 is 11.6 Å². The second-order valence-corrected chi connectivity index (χ2v) is 6.59. The van der Waals surface area contributed by atoms with Gasteiger partial charge in [-0.05, 0) is 45.4 Å². The number of hydrogen-bond donors (Lipinski definition) is 0. The van der Waals surface area contributed by atoms with Crippen molar-refractivity contribution in [2.75, 3.05) is 6.61 Å². The molecule has 1 saturated heterocycles. The van der Waals surface area contributed by atoms with Gasteiger partial charge in [-0.1, -0.05) is 23.7 Å². The lowest BCUT2D eigenvalue weighted by atomic mass is 9.92. The van der Waals surface area contributed by atoms with Crippen LogP contribution in [-0.4, -0.2) is 29.3 Å². The van der Waals surface area contributed by atoms with Crippen molar-refractivity contribution in [3.8, 4) is 0 Å². The average Bonchev–Trinajstić information content (AvgIpc) is 2.65. The normalized spacial score (nSPS) is 22.1. The van der Waals surface area contributed by atoms with E-state index in [1.165, 1.54) is 0 Å². The SMILES string of the molecule is CC(C)(C)OC(=O)N1C(=O)OCC1(C)c1ccc(Cl)cc1. The highest BCUT2D eigenvalue weighted by atomic mass is 35.5. The number of nitrogens with zero attached hydrogens (tertiary/aromatic N) is 1. The molecule has 1 heterocycles. The molecule has 2 rings (SSSR count). The molecule has 2 amide bonds. The van der Waals surface area contributed by atoms with E-state index in [0.29, 0.717) is 5.02 Å². The van der Waals surface area contributed by atoms with Gasteiger partial charge in [0.15, 0.2) is 0 Å². The van der Waals surface area contributed by atoms with Crippen LogP contribution in [0.3, 0.4) is 0 Å². The first-order valence-electron chi connectivity index (χ1n) is 6.59. The Kier molecular flexibility index (Phi) is 3.89. The van der Waals surface area contributed by atoms with Crippen LogP contribution in [0.25, 0.3) is 0 Å². The molecule has 1 aromatic carbocycles. The Balaban J connectivity index is 2.35. The van der Waals surface area contributed by atoms with Crippen molar-refractivity contribution in [3.63, 3.8) is 0 Å². The predicted octanol–water partition coefficient (Wildman–Crippen LogP) is 3.94. The highest BCUT2D eigenvalue weighted by Gasteiger charge is 2.50. The molecule has 1 fully saturated rings. The van der Waals surface area contributed by atoms with E-state index < -0.39 is 23.3 Å². The van der Waals surface area contributed by atoms with Crippen molar-refractivity contribution in [3.05, 3.63) is 34.9 Å². The topological polar surface area (TPSA) is 55.8 Å². The minimum absolute atomic E-state index is 0.0761. The Labute approximate surface area is 128 Å². The van der Waals surface area contributed by atoms with E-state index in [1.54, 1.807) is 52.0 Å². The first kappa shape index (κ1) is 15.6. The van der Waals surface area contributed by atoms with E-state index in [9.17, 15) is 9.59 Å². The number of benzene rings is 1. The van der Waals surface area contributed by atoms with E-state index in [0.717, 1.165) is 10.5 Å². The van der Waals surface area contributed by atoms with Gasteiger partial charge in [0, 0.05) is 5.02 Å². The first-order chi connectivity index (χ1) is 9.63. The fourth-order valence-electron chi connectivity index (χ4n) is 2.14. The Morgan fingerprint density at radius 2 is 1.90 bits per heavy atom. The van der Waals surface area contributed by atoms with Gasteiger partial charge in [-0.15, -0.1) is 0 Å². The number of cyclic esters (lactones) is 1. The van der Waals surface area contributed by atoms with Crippen LogP contribution < -0.4 is 0 Å². The third-order valence-electron chi connectivity index (χ3n) is 3.19. The number of hydrogen-bond acceptors (Lipinski definition) is 4. The minimum Gasteiger partial charge on any atom is -0.446 e. The van der Waals surface area contributed by atoms with E-state index in [-0.39, 0.29) is 6.61 Å². The molecule has 5 nitrogen and oxygen atoms in total. The molecule has 0 bridgehead atoms. The number of carbonyl (C=O) groups excluding carboxylic acids is 2. The zero-order chi connectivity index (χ0) is 15.8. The fraction of sp³-hybridized carbons (Fsp3) is 0.467. The van der Waals surface area contributed by atoms with E-state index >= 15 is 0 Å². The number of amides is 2.